The highest BCUT2D eigenvalue weighted by atomic mass is 79.9. The Morgan fingerprint density at radius 2 is 1.62 bits per heavy atom. The highest BCUT2D eigenvalue weighted by molar-refractivity contribution is 9.10. The van der Waals surface area contributed by atoms with Crippen LogP contribution in [-0.2, 0) is 9.05 Å². The van der Waals surface area contributed by atoms with Crippen molar-refractivity contribution >= 4 is 58.9 Å². The van der Waals surface area contributed by atoms with Crippen molar-refractivity contribution in [2.75, 3.05) is 0 Å². The number of benzene rings is 1. The molecule has 0 fully saturated rings. The normalized spacial score (nSPS) is 11.7. The fourth-order valence-corrected chi connectivity index (χ4v) is 4.01. The summed E-state index contributed by atoms with van der Waals surface area (Å²) < 4.78 is 22.2. The van der Waals surface area contributed by atoms with Gasteiger partial charge in [0.15, 0.2) is 0 Å². The topological polar surface area (TPSA) is 34.1 Å². The molecule has 72 valence electrons. The van der Waals surface area contributed by atoms with E-state index in [4.69, 9.17) is 33.9 Å². The van der Waals surface area contributed by atoms with Gasteiger partial charge in [-0.2, -0.15) is 0 Å². The van der Waals surface area contributed by atoms with E-state index in [0.29, 0.717) is 0 Å². The maximum atomic E-state index is 11.0. The highest BCUT2D eigenvalue weighted by Gasteiger charge is 2.20. The first-order valence-corrected chi connectivity index (χ1v) is 6.78. The zero-order valence-corrected chi connectivity index (χ0v) is 10.6. The Morgan fingerprint density at radius 1 is 1.15 bits per heavy atom. The minimum Gasteiger partial charge on any atom is -0.207 e. The summed E-state index contributed by atoms with van der Waals surface area (Å²) in [6.45, 7) is 0. The molecule has 0 N–H and O–H groups in total. The second-order valence-corrected chi connectivity index (χ2v) is 6.22. The maximum Gasteiger partial charge on any atom is 0.263 e. The molecule has 0 saturated carbocycles. The third kappa shape index (κ3) is 2.50. The van der Waals surface area contributed by atoms with Gasteiger partial charge < -0.3 is 0 Å². The molecule has 0 aliphatic heterocycles. The van der Waals surface area contributed by atoms with Crippen LogP contribution in [0.2, 0.25) is 10.0 Å². The first-order valence-electron chi connectivity index (χ1n) is 2.92. The summed E-state index contributed by atoms with van der Waals surface area (Å²) in [5.74, 6) is 0. The van der Waals surface area contributed by atoms with E-state index in [-0.39, 0.29) is 19.4 Å². The van der Waals surface area contributed by atoms with Crippen LogP contribution in [0.5, 0.6) is 0 Å². The van der Waals surface area contributed by atoms with Crippen molar-refractivity contribution in [3.8, 4) is 0 Å². The van der Waals surface area contributed by atoms with Crippen LogP contribution < -0.4 is 0 Å². The molecule has 1 aromatic rings. The van der Waals surface area contributed by atoms with Crippen LogP contribution in [0.25, 0.3) is 0 Å². The van der Waals surface area contributed by atoms with Crippen molar-refractivity contribution in [2.24, 2.45) is 0 Å². The van der Waals surface area contributed by atoms with E-state index >= 15 is 0 Å². The molecular weight excluding hydrogens is 322 g/mol. The van der Waals surface area contributed by atoms with Gasteiger partial charge in [0.05, 0.1) is 14.5 Å². The molecule has 7 heteroatoms. The Labute approximate surface area is 98.3 Å². The minimum absolute atomic E-state index is 0.0336. The van der Waals surface area contributed by atoms with Gasteiger partial charge in [-0.15, -0.1) is 0 Å². The molecule has 0 aliphatic rings. The lowest BCUT2D eigenvalue weighted by Crippen LogP contribution is -1.93. The summed E-state index contributed by atoms with van der Waals surface area (Å²) >= 11 is 14.3. The van der Waals surface area contributed by atoms with Gasteiger partial charge in [-0.05, 0) is 28.1 Å². The van der Waals surface area contributed by atoms with Gasteiger partial charge in [-0.25, -0.2) is 8.42 Å². The summed E-state index contributed by atoms with van der Waals surface area (Å²) in [7, 11) is 1.26. The zero-order valence-electron chi connectivity index (χ0n) is 5.89. The predicted molar refractivity (Wildman–Crippen MR) is 57.2 cm³/mol. The van der Waals surface area contributed by atoms with Crippen LogP contribution >= 0.6 is 49.8 Å². The average Bonchev–Trinajstić information content (AvgIpc) is 1.95. The first kappa shape index (κ1) is 11.6. The predicted octanol–water partition coefficient (Wildman–Crippen LogP) is 3.68. The van der Waals surface area contributed by atoms with Crippen molar-refractivity contribution in [1.29, 1.82) is 0 Å². The Hall–Kier alpha value is 0.520. The zero-order chi connectivity index (χ0) is 10.2. The molecule has 1 rings (SSSR count). The standard InChI is InChI=1S/C6H2BrCl3O2S/c7-5-3(8)1-2-4(9)6(5)13(10,11)12/h1-2H. The fourth-order valence-electron chi connectivity index (χ4n) is 0.732. The fraction of sp³-hybridized carbons (Fsp3) is 0. The second-order valence-electron chi connectivity index (χ2n) is 2.11. The molecule has 13 heavy (non-hydrogen) atoms. The van der Waals surface area contributed by atoms with E-state index in [1.807, 2.05) is 0 Å². The molecule has 0 radical (unpaired) electrons. The summed E-state index contributed by atoms with van der Waals surface area (Å²) in [6, 6.07) is 2.84. The molecule has 0 aliphatic carbocycles. The lowest BCUT2D eigenvalue weighted by molar-refractivity contribution is 0.609. The number of hydrogen-bond donors (Lipinski definition) is 0. The van der Waals surface area contributed by atoms with Crippen LogP contribution in [-0.4, -0.2) is 8.42 Å². The molecule has 0 amide bonds. The van der Waals surface area contributed by atoms with Crippen LogP contribution in [0.15, 0.2) is 21.5 Å². The van der Waals surface area contributed by atoms with Crippen molar-refractivity contribution < 1.29 is 8.42 Å². The maximum absolute atomic E-state index is 11.0. The van der Waals surface area contributed by atoms with Gasteiger partial charge in [-0.3, -0.25) is 0 Å². The highest BCUT2D eigenvalue weighted by Crippen LogP contribution is 2.36. The van der Waals surface area contributed by atoms with Gasteiger partial charge >= 0.3 is 0 Å². The smallest absolute Gasteiger partial charge is 0.207 e. The molecule has 2 nitrogen and oxygen atoms in total. The van der Waals surface area contributed by atoms with Crippen LogP contribution in [0.1, 0.15) is 0 Å². The lowest BCUT2D eigenvalue weighted by atomic mass is 10.4. The molecule has 0 atom stereocenters. The summed E-state index contributed by atoms with van der Waals surface area (Å²) in [5, 5.41) is 0.273. The third-order valence-corrected chi connectivity index (χ3v) is 4.68. The van der Waals surface area contributed by atoms with Crippen molar-refractivity contribution in [2.45, 2.75) is 4.90 Å². The minimum atomic E-state index is -3.88. The number of hydrogen-bond acceptors (Lipinski definition) is 2. The van der Waals surface area contributed by atoms with E-state index in [0.717, 1.165) is 0 Å². The summed E-state index contributed by atoms with van der Waals surface area (Å²) in [5.41, 5.74) is 0. The molecule has 1 aromatic carbocycles. The second kappa shape index (κ2) is 3.95. The quantitative estimate of drug-likeness (QED) is 0.583. The van der Waals surface area contributed by atoms with Crippen LogP contribution in [0.3, 0.4) is 0 Å². The van der Waals surface area contributed by atoms with Crippen LogP contribution in [0.4, 0.5) is 0 Å². The Balaban J connectivity index is 3.62. The largest absolute Gasteiger partial charge is 0.263 e. The van der Waals surface area contributed by atoms with E-state index < -0.39 is 9.05 Å². The molecule has 0 bridgehead atoms. The van der Waals surface area contributed by atoms with Gasteiger partial charge in [0.1, 0.15) is 4.90 Å². The number of halogens is 4. The molecular formula is C6H2BrCl3O2S. The molecule has 0 heterocycles. The molecule has 0 unspecified atom stereocenters. The Bertz CT molecular complexity index is 443. The SMILES string of the molecule is O=S(=O)(Cl)c1c(Cl)ccc(Cl)c1Br. The van der Waals surface area contributed by atoms with E-state index in [2.05, 4.69) is 15.9 Å². The van der Waals surface area contributed by atoms with Crippen LogP contribution in [0, 0.1) is 0 Å². The summed E-state index contributed by atoms with van der Waals surface area (Å²) in [6.07, 6.45) is 0. The Kier molecular flexibility index (Phi) is 3.52. The molecule has 0 saturated heterocycles. The van der Waals surface area contributed by atoms with Crippen molar-refractivity contribution in [1.82, 2.24) is 0 Å². The van der Waals surface area contributed by atoms with Gasteiger partial charge in [0.25, 0.3) is 9.05 Å². The van der Waals surface area contributed by atoms with Gasteiger partial charge in [0, 0.05) is 10.7 Å². The first-order chi connectivity index (χ1) is 5.84. The number of rotatable bonds is 1. The van der Waals surface area contributed by atoms with Gasteiger partial charge in [0.2, 0.25) is 0 Å². The van der Waals surface area contributed by atoms with Gasteiger partial charge in [-0.1, -0.05) is 23.2 Å². The van der Waals surface area contributed by atoms with Crippen molar-refractivity contribution in [3.05, 3.63) is 26.7 Å². The van der Waals surface area contributed by atoms with E-state index in [9.17, 15) is 8.42 Å². The third-order valence-electron chi connectivity index (χ3n) is 1.25. The monoisotopic (exact) mass is 322 g/mol. The summed E-state index contributed by atoms with van der Waals surface area (Å²) in [4.78, 5) is -0.205. The van der Waals surface area contributed by atoms with E-state index in [1.165, 1.54) is 12.1 Å². The van der Waals surface area contributed by atoms with E-state index in [1.54, 1.807) is 0 Å². The Morgan fingerprint density at radius 3 is 2.00 bits per heavy atom. The lowest BCUT2D eigenvalue weighted by Gasteiger charge is -2.04. The average molecular weight is 324 g/mol. The van der Waals surface area contributed by atoms with Crippen molar-refractivity contribution in [3.63, 3.8) is 0 Å². The molecule has 0 aromatic heterocycles. The molecule has 0 spiro atoms.